The van der Waals surface area contributed by atoms with Crippen LogP contribution in [0, 0.1) is 20.8 Å². The molecule has 6 nitrogen and oxygen atoms in total. The lowest BCUT2D eigenvalue weighted by Crippen LogP contribution is -2.32. The molecule has 0 spiro atoms. The van der Waals surface area contributed by atoms with E-state index in [0.717, 1.165) is 32.9 Å². The molecule has 0 bridgehead atoms. The summed E-state index contributed by atoms with van der Waals surface area (Å²) in [6.45, 7) is 6.08. The summed E-state index contributed by atoms with van der Waals surface area (Å²) in [5.41, 5.74) is 4.64. The molecule has 0 amide bonds. The van der Waals surface area contributed by atoms with Crippen LogP contribution in [0.4, 0.5) is 0 Å². The van der Waals surface area contributed by atoms with Gasteiger partial charge in [0.25, 0.3) is 5.56 Å². The highest BCUT2D eigenvalue weighted by Gasteiger charge is 2.11. The molecule has 0 aliphatic heterocycles. The number of nitrogens with zero attached hydrogens (tertiary/aromatic N) is 3. The summed E-state index contributed by atoms with van der Waals surface area (Å²) in [4.78, 5) is 27.6. The van der Waals surface area contributed by atoms with E-state index in [2.05, 4.69) is 33.7 Å². The van der Waals surface area contributed by atoms with Crippen molar-refractivity contribution < 1.29 is 0 Å². The van der Waals surface area contributed by atoms with Gasteiger partial charge in [0.2, 0.25) is 0 Å². The summed E-state index contributed by atoms with van der Waals surface area (Å²) in [6.07, 6.45) is 1.56. The van der Waals surface area contributed by atoms with Gasteiger partial charge in [-0.15, -0.1) is 4.68 Å². The summed E-state index contributed by atoms with van der Waals surface area (Å²) in [6, 6.07) is 17.0. The van der Waals surface area contributed by atoms with Gasteiger partial charge in [-0.1, -0.05) is 30.3 Å². The number of hydrogen-bond acceptors (Lipinski definition) is 3. The van der Waals surface area contributed by atoms with Crippen molar-refractivity contribution >= 4 is 17.1 Å². The maximum Gasteiger partial charge on any atom is 0.349 e. The van der Waals surface area contributed by atoms with Crippen LogP contribution >= 0.6 is 0 Å². The Bertz CT molecular complexity index is 1340. The largest absolute Gasteiger partial charge is 0.349 e. The van der Waals surface area contributed by atoms with Gasteiger partial charge in [0.15, 0.2) is 0 Å². The highest BCUT2D eigenvalue weighted by atomic mass is 16.2. The lowest BCUT2D eigenvalue weighted by molar-refractivity contribution is 0.771. The van der Waals surface area contributed by atoms with E-state index >= 15 is 0 Å². The van der Waals surface area contributed by atoms with Crippen LogP contribution in [-0.4, -0.2) is 20.4 Å². The SMILES string of the molecule is Cc1ccccc1-n1c(C)cc(C=Nn2c(=O)[nH]c3ccccc3c2=O)c1C. The topological polar surface area (TPSA) is 72.2 Å². The molecule has 2 aromatic carbocycles. The number of benzene rings is 2. The molecule has 0 atom stereocenters. The normalized spacial score (nSPS) is 11.5. The van der Waals surface area contributed by atoms with Crippen molar-refractivity contribution in [1.82, 2.24) is 14.2 Å². The molecular formula is C22H20N4O2. The molecule has 4 aromatic rings. The van der Waals surface area contributed by atoms with E-state index in [1.807, 2.05) is 32.0 Å². The Morgan fingerprint density at radius 2 is 1.68 bits per heavy atom. The van der Waals surface area contributed by atoms with Crippen molar-refractivity contribution in [2.75, 3.05) is 0 Å². The minimum atomic E-state index is -0.562. The first-order chi connectivity index (χ1) is 13.5. The van der Waals surface area contributed by atoms with Gasteiger partial charge >= 0.3 is 5.69 Å². The van der Waals surface area contributed by atoms with Gasteiger partial charge in [-0.2, -0.15) is 5.10 Å². The zero-order chi connectivity index (χ0) is 19.8. The Labute approximate surface area is 161 Å². The molecule has 0 aliphatic rings. The number of H-pyrrole nitrogens is 1. The number of fused-ring (bicyclic) bond motifs is 1. The first-order valence-electron chi connectivity index (χ1n) is 9.01. The Hall–Kier alpha value is -3.67. The fourth-order valence-electron chi connectivity index (χ4n) is 3.48. The third-order valence-corrected chi connectivity index (χ3v) is 4.92. The number of nitrogens with one attached hydrogen (secondary N) is 1. The van der Waals surface area contributed by atoms with E-state index in [1.165, 1.54) is 0 Å². The third-order valence-electron chi connectivity index (χ3n) is 4.92. The quantitative estimate of drug-likeness (QED) is 0.561. The molecule has 0 unspecified atom stereocenters. The lowest BCUT2D eigenvalue weighted by atomic mass is 10.2. The molecular weight excluding hydrogens is 352 g/mol. The fourth-order valence-corrected chi connectivity index (χ4v) is 3.48. The zero-order valence-electron chi connectivity index (χ0n) is 15.9. The Kier molecular flexibility index (Phi) is 4.31. The van der Waals surface area contributed by atoms with Crippen LogP contribution in [0.5, 0.6) is 0 Å². The predicted octanol–water partition coefficient (Wildman–Crippen LogP) is 3.29. The molecule has 0 saturated heterocycles. The van der Waals surface area contributed by atoms with Crippen LogP contribution in [0.2, 0.25) is 0 Å². The summed E-state index contributed by atoms with van der Waals surface area (Å²) in [7, 11) is 0. The number of aromatic nitrogens is 3. The van der Waals surface area contributed by atoms with Crippen molar-refractivity contribution in [2.45, 2.75) is 20.8 Å². The van der Waals surface area contributed by atoms with Gasteiger partial charge in [-0.3, -0.25) is 4.79 Å². The second-order valence-corrected chi connectivity index (χ2v) is 6.79. The number of aryl methyl sites for hydroxylation is 2. The minimum absolute atomic E-state index is 0.421. The summed E-state index contributed by atoms with van der Waals surface area (Å²) < 4.78 is 3.01. The average molecular weight is 372 g/mol. The number of aromatic amines is 1. The Balaban J connectivity index is 1.81. The van der Waals surface area contributed by atoms with Gasteiger partial charge in [0.05, 0.1) is 17.1 Å². The molecule has 2 aromatic heterocycles. The molecule has 6 heteroatoms. The molecule has 0 aliphatic carbocycles. The van der Waals surface area contributed by atoms with Crippen LogP contribution in [0.1, 0.15) is 22.5 Å². The minimum Gasteiger partial charge on any atom is -0.318 e. The molecule has 0 saturated carbocycles. The second kappa shape index (κ2) is 6.81. The monoisotopic (exact) mass is 372 g/mol. The van der Waals surface area contributed by atoms with E-state index in [4.69, 9.17) is 0 Å². The molecule has 4 rings (SSSR count). The van der Waals surface area contributed by atoms with Crippen molar-refractivity contribution in [1.29, 1.82) is 0 Å². The average Bonchev–Trinajstić information content (AvgIpc) is 2.95. The maximum absolute atomic E-state index is 12.6. The molecule has 0 fully saturated rings. The van der Waals surface area contributed by atoms with E-state index in [-0.39, 0.29) is 0 Å². The van der Waals surface area contributed by atoms with Gasteiger partial charge < -0.3 is 9.55 Å². The van der Waals surface area contributed by atoms with Crippen molar-refractivity contribution in [3.8, 4) is 5.69 Å². The lowest BCUT2D eigenvalue weighted by Gasteiger charge is -2.12. The second-order valence-electron chi connectivity index (χ2n) is 6.79. The molecule has 1 N–H and O–H groups in total. The highest BCUT2D eigenvalue weighted by molar-refractivity contribution is 5.82. The van der Waals surface area contributed by atoms with E-state index in [0.29, 0.717) is 10.9 Å². The van der Waals surface area contributed by atoms with Crippen LogP contribution in [-0.2, 0) is 0 Å². The first-order valence-corrected chi connectivity index (χ1v) is 9.01. The Morgan fingerprint density at radius 3 is 2.46 bits per heavy atom. The summed E-state index contributed by atoms with van der Waals surface area (Å²) in [5, 5.41) is 4.60. The summed E-state index contributed by atoms with van der Waals surface area (Å²) >= 11 is 0. The van der Waals surface area contributed by atoms with Gasteiger partial charge in [0.1, 0.15) is 0 Å². The third kappa shape index (κ3) is 2.89. The first kappa shape index (κ1) is 17.7. The van der Waals surface area contributed by atoms with Crippen molar-refractivity contribution in [3.05, 3.63) is 98.0 Å². The smallest absolute Gasteiger partial charge is 0.318 e. The van der Waals surface area contributed by atoms with Gasteiger partial charge in [0, 0.05) is 22.6 Å². The van der Waals surface area contributed by atoms with E-state index in [1.54, 1.807) is 30.5 Å². The van der Waals surface area contributed by atoms with Crippen molar-refractivity contribution in [2.24, 2.45) is 5.10 Å². The molecule has 0 radical (unpaired) electrons. The van der Waals surface area contributed by atoms with Gasteiger partial charge in [-0.25, -0.2) is 4.79 Å². The standard InChI is InChI=1S/C22H20N4O2/c1-14-8-4-7-11-20(14)25-15(2)12-17(16(25)3)13-23-26-21(27)18-9-5-6-10-19(18)24-22(26)28/h4-13H,1-3H3,(H,24,28). The van der Waals surface area contributed by atoms with Crippen LogP contribution in [0.25, 0.3) is 16.6 Å². The molecule has 2 heterocycles. The Morgan fingerprint density at radius 1 is 0.964 bits per heavy atom. The van der Waals surface area contributed by atoms with Crippen LogP contribution in [0.3, 0.4) is 0 Å². The number of rotatable bonds is 3. The van der Waals surface area contributed by atoms with E-state index < -0.39 is 11.2 Å². The number of para-hydroxylation sites is 2. The number of hydrogen-bond donors (Lipinski definition) is 1. The zero-order valence-corrected chi connectivity index (χ0v) is 15.9. The van der Waals surface area contributed by atoms with Gasteiger partial charge in [-0.05, 0) is 50.6 Å². The van der Waals surface area contributed by atoms with Crippen LogP contribution in [0.15, 0.2) is 69.3 Å². The van der Waals surface area contributed by atoms with E-state index in [9.17, 15) is 9.59 Å². The fraction of sp³-hybridized carbons (Fsp3) is 0.136. The molecule has 140 valence electrons. The molecule has 28 heavy (non-hydrogen) atoms. The maximum atomic E-state index is 12.6. The highest BCUT2D eigenvalue weighted by Crippen LogP contribution is 2.22. The van der Waals surface area contributed by atoms with Crippen molar-refractivity contribution in [3.63, 3.8) is 0 Å². The predicted molar refractivity (Wildman–Crippen MR) is 112 cm³/mol. The summed E-state index contributed by atoms with van der Waals surface area (Å²) in [5.74, 6) is 0. The van der Waals surface area contributed by atoms with Crippen LogP contribution < -0.4 is 11.2 Å².